The van der Waals surface area contributed by atoms with E-state index in [2.05, 4.69) is 29.0 Å². The fourth-order valence-corrected chi connectivity index (χ4v) is 7.28. The van der Waals surface area contributed by atoms with Crippen LogP contribution in [0.2, 0.25) is 0 Å². The van der Waals surface area contributed by atoms with Crippen LogP contribution in [0.3, 0.4) is 0 Å². The van der Waals surface area contributed by atoms with Crippen LogP contribution in [0.1, 0.15) is 49.7 Å². The quantitative estimate of drug-likeness (QED) is 0.748. The molecule has 2 heterocycles. The van der Waals surface area contributed by atoms with E-state index in [1.165, 1.54) is 55.3 Å². The summed E-state index contributed by atoms with van der Waals surface area (Å²) >= 11 is 0. The van der Waals surface area contributed by atoms with Gasteiger partial charge in [-0.3, -0.25) is 0 Å². The van der Waals surface area contributed by atoms with Crippen molar-refractivity contribution < 1.29 is 9.47 Å². The normalized spacial score (nSPS) is 32.9. The maximum absolute atomic E-state index is 5.59. The Kier molecular flexibility index (Phi) is 3.31. The molecule has 0 spiro atoms. The van der Waals surface area contributed by atoms with Gasteiger partial charge in [-0.05, 0) is 97.4 Å². The first-order valence-electron chi connectivity index (χ1n) is 10.6. The molecule has 1 aromatic heterocycles. The van der Waals surface area contributed by atoms with Gasteiger partial charge in [-0.15, -0.1) is 0 Å². The minimum Gasteiger partial charge on any atom is -0.493 e. The molecule has 4 bridgehead atoms. The Morgan fingerprint density at radius 2 is 1.52 bits per heavy atom. The summed E-state index contributed by atoms with van der Waals surface area (Å²) in [5.41, 5.74) is 6.18. The molecule has 142 valence electrons. The van der Waals surface area contributed by atoms with Crippen molar-refractivity contribution >= 4 is 0 Å². The van der Waals surface area contributed by atoms with E-state index in [-0.39, 0.29) is 0 Å². The molecule has 0 N–H and O–H groups in total. The first-order valence-corrected chi connectivity index (χ1v) is 10.6. The van der Waals surface area contributed by atoms with Crippen molar-refractivity contribution in [2.45, 2.75) is 56.9 Å². The summed E-state index contributed by atoms with van der Waals surface area (Å²) < 4.78 is 13.6. The lowest BCUT2D eigenvalue weighted by Crippen LogP contribution is -2.48. The molecule has 0 radical (unpaired) electrons. The molecule has 7 rings (SSSR count). The highest BCUT2D eigenvalue weighted by Gasteiger charge is 2.52. The topological polar surface area (TPSA) is 23.4 Å². The molecule has 1 aromatic carbocycles. The third-order valence-electron chi connectivity index (χ3n) is 8.05. The lowest BCUT2D eigenvalue weighted by molar-refractivity contribution is -0.00518. The summed E-state index contributed by atoms with van der Waals surface area (Å²) in [6, 6.07) is 6.88. The Morgan fingerprint density at radius 3 is 2.15 bits per heavy atom. The van der Waals surface area contributed by atoms with Crippen molar-refractivity contribution in [2.75, 3.05) is 14.2 Å². The molecule has 27 heavy (non-hydrogen) atoms. The molecule has 2 aromatic rings. The second-order valence-corrected chi connectivity index (χ2v) is 9.62. The van der Waals surface area contributed by atoms with Crippen molar-refractivity contribution in [1.82, 2.24) is 4.57 Å². The number of hydrogen-bond donors (Lipinski definition) is 0. The molecule has 1 aliphatic heterocycles. The largest absolute Gasteiger partial charge is 0.493 e. The number of methoxy groups -OCH3 is 2. The zero-order valence-corrected chi connectivity index (χ0v) is 16.5. The van der Waals surface area contributed by atoms with Gasteiger partial charge < -0.3 is 14.0 Å². The smallest absolute Gasteiger partial charge is 0.161 e. The summed E-state index contributed by atoms with van der Waals surface area (Å²) in [5, 5.41) is 0. The molecule has 0 saturated heterocycles. The Bertz CT molecular complexity index is 874. The highest BCUT2D eigenvalue weighted by atomic mass is 16.5. The summed E-state index contributed by atoms with van der Waals surface area (Å²) in [6.07, 6.45) is 12.4. The summed E-state index contributed by atoms with van der Waals surface area (Å²) in [5.74, 6) is 4.65. The van der Waals surface area contributed by atoms with E-state index in [0.717, 1.165) is 42.2 Å². The second-order valence-electron chi connectivity index (χ2n) is 9.62. The predicted octanol–water partition coefficient (Wildman–Crippen LogP) is 5.20. The minimum atomic E-state index is 0.468. The van der Waals surface area contributed by atoms with E-state index in [4.69, 9.17) is 9.47 Å². The number of ether oxygens (including phenoxy) is 2. The maximum Gasteiger partial charge on any atom is 0.161 e. The number of benzene rings is 1. The van der Waals surface area contributed by atoms with Crippen LogP contribution >= 0.6 is 0 Å². The average Bonchev–Trinajstić information content (AvgIpc) is 3.11. The van der Waals surface area contributed by atoms with Crippen molar-refractivity contribution in [3.8, 4) is 22.8 Å². The van der Waals surface area contributed by atoms with Crippen LogP contribution in [0.25, 0.3) is 11.3 Å². The molecule has 0 amide bonds. The molecular formula is C24H29NO2. The number of fused-ring (bicyclic) bond motifs is 3. The van der Waals surface area contributed by atoms with Gasteiger partial charge in [-0.2, -0.15) is 0 Å². The molecule has 5 aliphatic rings. The zero-order valence-electron chi connectivity index (χ0n) is 16.5. The molecule has 3 nitrogen and oxygen atoms in total. The van der Waals surface area contributed by atoms with E-state index in [9.17, 15) is 0 Å². The van der Waals surface area contributed by atoms with Gasteiger partial charge in [-0.1, -0.05) is 0 Å². The van der Waals surface area contributed by atoms with Crippen LogP contribution in [-0.2, 0) is 18.4 Å². The van der Waals surface area contributed by atoms with E-state index in [1.807, 2.05) is 0 Å². The van der Waals surface area contributed by atoms with Crippen molar-refractivity contribution in [3.05, 3.63) is 35.5 Å². The van der Waals surface area contributed by atoms with Gasteiger partial charge in [0, 0.05) is 24.0 Å². The number of nitrogens with zero attached hydrogens (tertiary/aromatic N) is 1. The SMILES string of the molecule is COc1cc2c(cc1OC)-c1cc(C34CC5CC(CC(C5)C3)C4)cn1CC2. The molecule has 3 heteroatoms. The van der Waals surface area contributed by atoms with E-state index in [1.54, 1.807) is 19.8 Å². The van der Waals surface area contributed by atoms with Gasteiger partial charge in [0.15, 0.2) is 11.5 Å². The van der Waals surface area contributed by atoms with Crippen molar-refractivity contribution in [1.29, 1.82) is 0 Å². The van der Waals surface area contributed by atoms with Crippen LogP contribution in [0.5, 0.6) is 11.5 Å². The van der Waals surface area contributed by atoms with Crippen LogP contribution in [-0.4, -0.2) is 18.8 Å². The fraction of sp³-hybridized carbons (Fsp3) is 0.583. The summed E-state index contributed by atoms with van der Waals surface area (Å²) in [4.78, 5) is 0. The summed E-state index contributed by atoms with van der Waals surface area (Å²) in [6.45, 7) is 1.07. The van der Waals surface area contributed by atoms with Crippen molar-refractivity contribution in [3.63, 3.8) is 0 Å². The first-order chi connectivity index (χ1) is 13.2. The van der Waals surface area contributed by atoms with Gasteiger partial charge in [0.25, 0.3) is 0 Å². The highest BCUT2D eigenvalue weighted by molar-refractivity contribution is 5.71. The van der Waals surface area contributed by atoms with Crippen LogP contribution in [0, 0.1) is 17.8 Å². The third kappa shape index (κ3) is 2.26. The van der Waals surface area contributed by atoms with Gasteiger partial charge in [-0.25, -0.2) is 0 Å². The van der Waals surface area contributed by atoms with Gasteiger partial charge in [0.2, 0.25) is 0 Å². The third-order valence-corrected chi connectivity index (χ3v) is 8.05. The molecule has 0 atom stereocenters. The highest BCUT2D eigenvalue weighted by Crippen LogP contribution is 2.61. The van der Waals surface area contributed by atoms with Gasteiger partial charge in [0.05, 0.1) is 14.2 Å². The number of rotatable bonds is 3. The summed E-state index contributed by atoms with van der Waals surface area (Å²) in [7, 11) is 3.45. The molecule has 4 fully saturated rings. The Labute approximate surface area is 161 Å². The Hall–Kier alpha value is -1.90. The zero-order chi connectivity index (χ0) is 18.2. The lowest BCUT2D eigenvalue weighted by Gasteiger charge is -2.56. The Morgan fingerprint density at radius 1 is 0.889 bits per heavy atom. The van der Waals surface area contributed by atoms with Gasteiger partial charge in [0.1, 0.15) is 0 Å². The monoisotopic (exact) mass is 363 g/mol. The molecule has 4 saturated carbocycles. The first kappa shape index (κ1) is 16.1. The van der Waals surface area contributed by atoms with Crippen LogP contribution < -0.4 is 9.47 Å². The van der Waals surface area contributed by atoms with E-state index >= 15 is 0 Å². The lowest BCUT2D eigenvalue weighted by atomic mass is 9.48. The van der Waals surface area contributed by atoms with E-state index < -0.39 is 0 Å². The molecular weight excluding hydrogens is 334 g/mol. The minimum absolute atomic E-state index is 0.468. The molecule has 4 aliphatic carbocycles. The number of hydrogen-bond acceptors (Lipinski definition) is 2. The standard InChI is InChI=1S/C24H29NO2/c1-26-22-8-18-3-4-25-14-19(9-21(25)20(18)10-23(22)27-2)24-11-15-5-16(12-24)7-17(6-15)13-24/h8-10,14-17H,3-7,11-13H2,1-2H3. The van der Waals surface area contributed by atoms with E-state index in [0.29, 0.717) is 5.41 Å². The number of aryl methyl sites for hydroxylation is 2. The van der Waals surface area contributed by atoms with Crippen LogP contribution in [0.4, 0.5) is 0 Å². The molecule has 0 unspecified atom stereocenters. The maximum atomic E-state index is 5.59. The fourth-order valence-electron chi connectivity index (χ4n) is 7.28. The van der Waals surface area contributed by atoms with Crippen LogP contribution in [0.15, 0.2) is 24.4 Å². The van der Waals surface area contributed by atoms with Gasteiger partial charge >= 0.3 is 0 Å². The van der Waals surface area contributed by atoms with Crippen molar-refractivity contribution in [2.24, 2.45) is 17.8 Å². The Balaban J connectivity index is 1.44. The average molecular weight is 364 g/mol. The predicted molar refractivity (Wildman–Crippen MR) is 107 cm³/mol. The number of aromatic nitrogens is 1. The second kappa shape index (κ2) is 5.56.